The van der Waals surface area contributed by atoms with Gasteiger partial charge >= 0.3 is 11.9 Å². The van der Waals surface area contributed by atoms with Crippen LogP contribution in [0, 0.1) is 10.8 Å². The van der Waals surface area contributed by atoms with Crippen molar-refractivity contribution in [1.29, 1.82) is 0 Å². The summed E-state index contributed by atoms with van der Waals surface area (Å²) < 4.78 is 5.42. The van der Waals surface area contributed by atoms with Crippen molar-refractivity contribution in [3.05, 3.63) is 71.4 Å². The summed E-state index contributed by atoms with van der Waals surface area (Å²) in [6.07, 6.45) is 4.35. The fourth-order valence-electron chi connectivity index (χ4n) is 7.33. The smallest absolute Gasteiger partial charge is 0.322 e. The Balaban J connectivity index is 1.78. The molecule has 4 N–H and O–H groups in total. The van der Waals surface area contributed by atoms with E-state index >= 15 is 0 Å². The van der Waals surface area contributed by atoms with Crippen LogP contribution in [0.25, 0.3) is 10.9 Å². The molecule has 0 radical (unpaired) electrons. The molecule has 5 atom stereocenters. The maximum atomic E-state index is 14.4. The van der Waals surface area contributed by atoms with Gasteiger partial charge in [0.05, 0.1) is 17.0 Å². The Hall–Kier alpha value is -2.94. The lowest BCUT2D eigenvalue weighted by Crippen LogP contribution is -2.49. The molecule has 326 valence electrons. The van der Waals surface area contributed by atoms with E-state index < -0.39 is 33.6 Å². The maximum Gasteiger partial charge on any atom is 0.322 e. The number of ether oxygens (including phenoxy) is 1. The van der Waals surface area contributed by atoms with Crippen molar-refractivity contribution in [2.45, 2.75) is 117 Å². The molecule has 10 nitrogen and oxygen atoms in total. The normalized spacial score (nSPS) is 15.4. The first kappa shape index (κ1) is 50.4. The van der Waals surface area contributed by atoms with E-state index in [0.717, 1.165) is 60.3 Å². The lowest BCUT2D eigenvalue weighted by molar-refractivity contribution is -0.148. The van der Waals surface area contributed by atoms with Crippen LogP contribution in [0.15, 0.2) is 60.8 Å². The Morgan fingerprint density at radius 2 is 1.73 bits per heavy atom. The average Bonchev–Trinajstić information content (AvgIpc) is 3.18. The monoisotopic (exact) mass is 888 g/mol. The second kappa shape index (κ2) is 23.9. The zero-order valence-corrected chi connectivity index (χ0v) is 39.2. The third-order valence-electron chi connectivity index (χ3n) is 10.6. The average molecular weight is 890 g/mol. The van der Waals surface area contributed by atoms with Crippen molar-refractivity contribution < 1.29 is 29.3 Å². The highest BCUT2D eigenvalue weighted by Gasteiger charge is 2.48. The second-order valence-corrected chi connectivity index (χ2v) is 20.9. The number of halogens is 1. The molecule has 3 rings (SSSR count). The Labute approximate surface area is 370 Å². The van der Waals surface area contributed by atoms with Crippen LogP contribution in [0.3, 0.4) is 0 Å². The number of thiocarbonyl (C=S) groups is 1. The predicted octanol–water partition coefficient (Wildman–Crippen LogP) is 9.82. The number of likely N-dealkylation sites (N-methyl/N-ethyl adjacent to an activating group) is 1. The number of aliphatic hydroxyl groups is 1. The summed E-state index contributed by atoms with van der Waals surface area (Å²) >= 11 is 14.7. The number of carboxylic acid groups (broad SMARTS) is 1. The van der Waals surface area contributed by atoms with Crippen LogP contribution in [-0.4, -0.2) is 96.9 Å². The Bertz CT molecular complexity index is 1840. The summed E-state index contributed by atoms with van der Waals surface area (Å²) in [5.41, 5.74) is 0.492. The minimum atomic E-state index is -1.25. The van der Waals surface area contributed by atoms with Gasteiger partial charge in [0.2, 0.25) is 5.91 Å². The van der Waals surface area contributed by atoms with Gasteiger partial charge in [-0.05, 0) is 128 Å². The van der Waals surface area contributed by atoms with Gasteiger partial charge < -0.3 is 30.5 Å². The molecule has 3 aromatic rings. The molecular formula is C45H65ClN4O6S3. The van der Waals surface area contributed by atoms with Crippen molar-refractivity contribution in [3.8, 4) is 0 Å². The first-order valence-corrected chi connectivity index (χ1v) is 23.2. The fraction of sp³-hybridized carbons (Fsp3) is 0.578. The number of hydrogen-bond acceptors (Lipinski definition) is 11. The van der Waals surface area contributed by atoms with E-state index in [-0.39, 0.29) is 50.3 Å². The van der Waals surface area contributed by atoms with E-state index in [1.807, 2.05) is 61.5 Å². The molecule has 59 heavy (non-hydrogen) atoms. The Kier molecular flexibility index (Phi) is 20.4. The molecule has 0 saturated heterocycles. The molecule has 0 saturated carbocycles. The number of anilines is 1. The largest absolute Gasteiger partial charge is 0.481 e. The highest BCUT2D eigenvalue weighted by atomic mass is 35.5. The number of nitrogens with zero attached hydrogens (tertiary/aromatic N) is 2. The zero-order valence-electron chi connectivity index (χ0n) is 36.0. The first-order valence-electron chi connectivity index (χ1n) is 20.6. The molecule has 0 fully saturated rings. The van der Waals surface area contributed by atoms with E-state index in [1.165, 1.54) is 23.5 Å². The highest BCUT2D eigenvalue weighted by molar-refractivity contribution is 8.47. The molecule has 0 spiro atoms. The van der Waals surface area contributed by atoms with E-state index in [4.69, 9.17) is 28.6 Å². The summed E-state index contributed by atoms with van der Waals surface area (Å²) in [5, 5.41) is 28.4. The van der Waals surface area contributed by atoms with Gasteiger partial charge in [-0.1, -0.05) is 86.7 Å². The molecule has 1 aromatic heterocycles. The minimum Gasteiger partial charge on any atom is -0.481 e. The van der Waals surface area contributed by atoms with Crippen LogP contribution >= 0.6 is 47.3 Å². The Morgan fingerprint density at radius 1 is 1.02 bits per heavy atom. The maximum absolute atomic E-state index is 14.4. The summed E-state index contributed by atoms with van der Waals surface area (Å²) in [5.74, 6) is -1.27. The summed E-state index contributed by atoms with van der Waals surface area (Å²) in [4.78, 5) is 47.7. The third-order valence-corrected chi connectivity index (χ3v) is 13.8. The van der Waals surface area contributed by atoms with E-state index in [1.54, 1.807) is 33.9 Å². The number of carbonyl (C=O) groups is 3. The summed E-state index contributed by atoms with van der Waals surface area (Å²) in [7, 11) is 0. The van der Waals surface area contributed by atoms with Gasteiger partial charge in [0, 0.05) is 46.8 Å². The van der Waals surface area contributed by atoms with Gasteiger partial charge in [-0.15, -0.1) is 11.8 Å². The first-order chi connectivity index (χ1) is 27.8. The number of esters is 1. The van der Waals surface area contributed by atoms with Crippen LogP contribution in [0.2, 0.25) is 5.02 Å². The van der Waals surface area contributed by atoms with E-state index in [2.05, 4.69) is 41.3 Å². The van der Waals surface area contributed by atoms with E-state index in [9.17, 15) is 24.6 Å². The summed E-state index contributed by atoms with van der Waals surface area (Å²) in [6.45, 7) is 17.3. The molecule has 14 heteroatoms. The van der Waals surface area contributed by atoms with E-state index in [0.29, 0.717) is 15.1 Å². The van der Waals surface area contributed by atoms with Crippen LogP contribution in [0.4, 0.5) is 5.69 Å². The van der Waals surface area contributed by atoms with Crippen LogP contribution in [-0.2, 0) is 19.1 Å². The zero-order chi connectivity index (χ0) is 43.8. The topological polar surface area (TPSA) is 141 Å². The molecule has 1 heterocycles. The standard InChI is InChI=1S/C45H65ClN4O6S3/c1-9-25-58-42(57)59-45(8,30-44(7,39(52)48-29-32(4)51)28-34(27-43(5,6)40(53)54)33-16-12-11-13-17-33)41(55)56-24-23-50(10-2)22-14-15-31(3)49-37-20-21-47-38-26-35(46)18-19-36(37)38/h11-13,16-21,26,31-32,34,51H,9-10,14-15,22-25,27-30H2,1-8H3,(H,47,49)(H,48,52)(H,53,54). The number of aliphatic hydroxyl groups excluding tert-OH is 1. The number of carbonyl (C=O) groups excluding carboxylic acids is 2. The second-order valence-electron chi connectivity index (χ2n) is 16.7. The highest BCUT2D eigenvalue weighted by Crippen LogP contribution is 2.48. The van der Waals surface area contributed by atoms with Gasteiger partial charge in [-0.25, -0.2) is 0 Å². The van der Waals surface area contributed by atoms with Crippen LogP contribution in [0.5, 0.6) is 0 Å². The van der Waals surface area contributed by atoms with Crippen LogP contribution < -0.4 is 10.6 Å². The number of thioether (sulfide) groups is 2. The number of benzene rings is 2. The minimum absolute atomic E-state index is 0.0295. The van der Waals surface area contributed by atoms with Gasteiger partial charge in [0.25, 0.3) is 0 Å². The SMILES string of the molecule is CCCSC(=S)SC(C)(CC(C)(CC(CC(C)(C)C(=O)O)c1ccccc1)C(=O)NCC(C)O)C(=O)OCCN(CC)CCCC(C)Nc1ccnc2cc(Cl)ccc12. The van der Waals surface area contributed by atoms with Gasteiger partial charge in [-0.2, -0.15) is 0 Å². The quantitative estimate of drug-likeness (QED) is 0.0476. The number of aliphatic carboxylic acids is 1. The lowest BCUT2D eigenvalue weighted by atomic mass is 9.68. The van der Waals surface area contributed by atoms with Gasteiger partial charge in [0.15, 0.2) is 0 Å². The van der Waals surface area contributed by atoms with Crippen molar-refractivity contribution in [1.82, 2.24) is 15.2 Å². The van der Waals surface area contributed by atoms with Crippen LogP contribution in [0.1, 0.15) is 105 Å². The molecular weight excluding hydrogens is 824 g/mol. The van der Waals surface area contributed by atoms with Gasteiger partial charge in [-0.3, -0.25) is 19.4 Å². The fourth-order valence-corrected chi connectivity index (χ4v) is 10.6. The predicted molar refractivity (Wildman–Crippen MR) is 251 cm³/mol. The number of aromatic nitrogens is 1. The lowest BCUT2D eigenvalue weighted by Gasteiger charge is -2.40. The number of nitrogens with one attached hydrogen (secondary N) is 2. The molecule has 0 aliphatic heterocycles. The number of pyridine rings is 1. The molecule has 2 aromatic carbocycles. The molecule has 1 amide bonds. The third kappa shape index (κ3) is 16.1. The van der Waals surface area contributed by atoms with Gasteiger partial charge in [0.1, 0.15) is 14.9 Å². The van der Waals surface area contributed by atoms with Crippen molar-refractivity contribution in [2.24, 2.45) is 10.8 Å². The molecule has 5 unspecified atom stereocenters. The molecule has 0 bridgehead atoms. The Morgan fingerprint density at radius 3 is 2.37 bits per heavy atom. The van der Waals surface area contributed by atoms with Crippen molar-refractivity contribution in [2.75, 3.05) is 43.9 Å². The number of rotatable bonds is 25. The van der Waals surface area contributed by atoms with Crippen molar-refractivity contribution in [3.63, 3.8) is 0 Å². The number of carboxylic acids is 1. The number of fused-ring (bicyclic) bond motifs is 1. The number of amides is 1. The number of hydrogen-bond donors (Lipinski definition) is 4. The molecule has 0 aliphatic rings. The molecule has 0 aliphatic carbocycles. The summed E-state index contributed by atoms with van der Waals surface area (Å²) in [6, 6.07) is 17.5. The van der Waals surface area contributed by atoms with Crippen molar-refractivity contribution >= 4 is 85.3 Å².